The van der Waals surface area contributed by atoms with E-state index >= 15 is 0 Å². The Hall–Kier alpha value is -2.70. The smallest absolute Gasteiger partial charge is 0.138 e. The Labute approximate surface area is 143 Å². The van der Waals surface area contributed by atoms with Gasteiger partial charge >= 0.3 is 0 Å². The maximum absolute atomic E-state index is 10.4. The molecule has 0 aliphatic carbocycles. The first kappa shape index (κ1) is 15.8. The van der Waals surface area contributed by atoms with Crippen LogP contribution in [0.25, 0.3) is 22.3 Å². The maximum Gasteiger partial charge on any atom is 0.138 e. The van der Waals surface area contributed by atoms with Gasteiger partial charge in [-0.05, 0) is 38.1 Å². The van der Waals surface area contributed by atoms with Crippen molar-refractivity contribution in [3.8, 4) is 28.6 Å². The van der Waals surface area contributed by atoms with E-state index in [4.69, 9.17) is 9.15 Å². The molecule has 2 aromatic carbocycles. The molecule has 25 heavy (non-hydrogen) atoms. The van der Waals surface area contributed by atoms with Crippen molar-refractivity contribution in [2.24, 2.45) is 0 Å². The van der Waals surface area contributed by atoms with Gasteiger partial charge in [-0.3, -0.25) is 0 Å². The molecule has 6 heteroatoms. The summed E-state index contributed by atoms with van der Waals surface area (Å²) in [6.45, 7) is 3.41. The molecule has 1 aromatic heterocycles. The lowest BCUT2D eigenvalue weighted by Crippen LogP contribution is -2.48. The van der Waals surface area contributed by atoms with E-state index in [9.17, 15) is 20.4 Å². The van der Waals surface area contributed by atoms with E-state index in [1.807, 2.05) is 0 Å². The monoisotopic (exact) mass is 342 g/mol. The number of phenols is 2. The van der Waals surface area contributed by atoms with Crippen molar-refractivity contribution >= 4 is 11.0 Å². The molecule has 0 fully saturated rings. The predicted octanol–water partition coefficient (Wildman–Crippen LogP) is 3.08. The molecule has 1 aliphatic rings. The first-order valence-corrected chi connectivity index (χ1v) is 7.90. The van der Waals surface area contributed by atoms with E-state index in [1.165, 1.54) is 18.2 Å². The molecular formula is C19H18O6. The summed E-state index contributed by atoms with van der Waals surface area (Å²) in [6, 6.07) is 9.32. The van der Waals surface area contributed by atoms with Crippen LogP contribution in [0.5, 0.6) is 17.2 Å². The van der Waals surface area contributed by atoms with Crippen LogP contribution >= 0.6 is 0 Å². The molecule has 0 saturated carbocycles. The Kier molecular flexibility index (Phi) is 3.25. The van der Waals surface area contributed by atoms with Gasteiger partial charge in [0, 0.05) is 28.6 Å². The van der Waals surface area contributed by atoms with Crippen molar-refractivity contribution in [1.82, 2.24) is 0 Å². The molecular weight excluding hydrogens is 324 g/mol. The highest BCUT2D eigenvalue weighted by Crippen LogP contribution is 2.43. The Balaban J connectivity index is 1.85. The predicted molar refractivity (Wildman–Crippen MR) is 90.7 cm³/mol. The van der Waals surface area contributed by atoms with E-state index in [0.29, 0.717) is 33.6 Å². The molecule has 0 saturated heterocycles. The third-order valence-corrected chi connectivity index (χ3v) is 4.54. The Morgan fingerprint density at radius 3 is 2.28 bits per heavy atom. The molecule has 0 unspecified atom stereocenters. The number of rotatable bonds is 1. The maximum atomic E-state index is 10.4. The quantitative estimate of drug-likeness (QED) is 0.542. The summed E-state index contributed by atoms with van der Waals surface area (Å²) in [5.41, 5.74) is 0.627. The summed E-state index contributed by atoms with van der Waals surface area (Å²) in [7, 11) is 0. The van der Waals surface area contributed by atoms with Gasteiger partial charge in [0.2, 0.25) is 0 Å². The van der Waals surface area contributed by atoms with E-state index in [1.54, 1.807) is 32.0 Å². The van der Waals surface area contributed by atoms with Crippen molar-refractivity contribution in [3.63, 3.8) is 0 Å². The fourth-order valence-corrected chi connectivity index (χ4v) is 3.18. The lowest BCUT2D eigenvalue weighted by Gasteiger charge is -2.39. The average molecular weight is 342 g/mol. The first-order valence-electron chi connectivity index (χ1n) is 7.90. The normalized spacial score (nSPS) is 21.8. The summed E-state index contributed by atoms with van der Waals surface area (Å²) in [5.74, 6) is 0.768. The van der Waals surface area contributed by atoms with Gasteiger partial charge < -0.3 is 29.6 Å². The zero-order valence-corrected chi connectivity index (χ0v) is 13.7. The Morgan fingerprint density at radius 2 is 1.60 bits per heavy atom. The highest BCUT2D eigenvalue weighted by molar-refractivity contribution is 5.85. The third kappa shape index (κ3) is 2.50. The summed E-state index contributed by atoms with van der Waals surface area (Å²) in [5, 5.41) is 40.6. The van der Waals surface area contributed by atoms with Gasteiger partial charge in [0.1, 0.15) is 46.4 Å². The van der Waals surface area contributed by atoms with Crippen LogP contribution < -0.4 is 4.74 Å². The minimum absolute atomic E-state index is 0.0709. The molecule has 0 radical (unpaired) electrons. The van der Waals surface area contributed by atoms with E-state index in [-0.39, 0.29) is 11.5 Å². The van der Waals surface area contributed by atoms with Crippen LogP contribution in [-0.2, 0) is 0 Å². The van der Waals surface area contributed by atoms with Crippen LogP contribution in [0.3, 0.4) is 0 Å². The zero-order chi connectivity index (χ0) is 17.9. The van der Waals surface area contributed by atoms with E-state index in [0.717, 1.165) is 0 Å². The molecule has 1 aliphatic heterocycles. The number of furan rings is 1. The molecule has 0 amide bonds. The molecule has 0 bridgehead atoms. The second-order valence-electron chi connectivity index (χ2n) is 6.87. The van der Waals surface area contributed by atoms with E-state index in [2.05, 4.69) is 0 Å². The minimum Gasteiger partial charge on any atom is -0.508 e. The highest BCUT2D eigenvalue weighted by Gasteiger charge is 2.42. The molecule has 3 aromatic rings. The summed E-state index contributed by atoms with van der Waals surface area (Å²) in [6.07, 6.45) is -2.11. The lowest BCUT2D eigenvalue weighted by molar-refractivity contribution is -0.111. The van der Waals surface area contributed by atoms with Crippen molar-refractivity contribution in [2.75, 3.05) is 0 Å². The number of phenolic OH excluding ortho intramolecular Hbond substituents is 2. The molecule has 4 N–H and O–H groups in total. The number of benzene rings is 2. The Morgan fingerprint density at radius 1 is 0.920 bits per heavy atom. The van der Waals surface area contributed by atoms with Crippen LogP contribution in [0.4, 0.5) is 0 Å². The zero-order valence-electron chi connectivity index (χ0n) is 13.7. The molecule has 130 valence electrons. The molecule has 4 rings (SSSR count). The lowest BCUT2D eigenvalue weighted by atomic mass is 9.88. The topological polar surface area (TPSA) is 103 Å². The highest BCUT2D eigenvalue weighted by atomic mass is 16.5. The number of fused-ring (bicyclic) bond motifs is 2. The second-order valence-corrected chi connectivity index (χ2v) is 6.87. The number of aliphatic hydroxyl groups is 2. The van der Waals surface area contributed by atoms with Gasteiger partial charge in [-0.25, -0.2) is 0 Å². The summed E-state index contributed by atoms with van der Waals surface area (Å²) < 4.78 is 11.6. The molecule has 2 atom stereocenters. The number of hydrogen-bond acceptors (Lipinski definition) is 6. The fourth-order valence-electron chi connectivity index (χ4n) is 3.18. The van der Waals surface area contributed by atoms with Gasteiger partial charge in [0.25, 0.3) is 0 Å². The first-order chi connectivity index (χ1) is 11.7. The van der Waals surface area contributed by atoms with Gasteiger partial charge in [0.05, 0.1) is 0 Å². The molecule has 2 heterocycles. The third-order valence-electron chi connectivity index (χ3n) is 4.54. The van der Waals surface area contributed by atoms with Crippen molar-refractivity contribution in [3.05, 3.63) is 42.0 Å². The van der Waals surface area contributed by atoms with Gasteiger partial charge in [-0.1, -0.05) is 0 Å². The van der Waals surface area contributed by atoms with Crippen LogP contribution in [0.15, 0.2) is 40.8 Å². The largest absolute Gasteiger partial charge is 0.508 e. The fraction of sp³-hybridized carbons (Fsp3) is 0.263. The van der Waals surface area contributed by atoms with Crippen molar-refractivity contribution in [1.29, 1.82) is 0 Å². The summed E-state index contributed by atoms with van der Waals surface area (Å²) >= 11 is 0. The second kappa shape index (κ2) is 5.15. The number of ether oxygens (including phenoxy) is 1. The SMILES string of the molecule is CC1(C)Oc2cc3oc(-c4cc(O)cc(O)c4)cc3cc2[C@H](O)[C@@H]1O. The van der Waals surface area contributed by atoms with Crippen LogP contribution in [0.1, 0.15) is 25.5 Å². The van der Waals surface area contributed by atoms with E-state index < -0.39 is 17.8 Å². The average Bonchev–Trinajstić information content (AvgIpc) is 2.93. The molecule has 0 spiro atoms. The van der Waals surface area contributed by atoms with Crippen molar-refractivity contribution in [2.45, 2.75) is 31.7 Å². The van der Waals surface area contributed by atoms with Crippen LogP contribution in [0.2, 0.25) is 0 Å². The summed E-state index contributed by atoms with van der Waals surface area (Å²) in [4.78, 5) is 0. The number of aliphatic hydroxyl groups excluding tert-OH is 2. The van der Waals surface area contributed by atoms with Crippen LogP contribution in [-0.4, -0.2) is 32.1 Å². The number of hydrogen-bond donors (Lipinski definition) is 4. The van der Waals surface area contributed by atoms with Crippen molar-refractivity contribution < 1.29 is 29.6 Å². The standard InChI is InChI=1S/C19H18O6/c1-19(2)18(23)17(22)13-5-10-6-14(24-15(10)8-16(13)25-19)9-3-11(20)7-12(21)4-9/h3-8,17-18,20-23H,1-2H3/t17-,18-/m0/s1. The van der Waals surface area contributed by atoms with Gasteiger partial charge in [-0.15, -0.1) is 0 Å². The van der Waals surface area contributed by atoms with Gasteiger partial charge in [0.15, 0.2) is 0 Å². The minimum atomic E-state index is -1.06. The Bertz CT molecular complexity index is 951. The molecule has 6 nitrogen and oxygen atoms in total. The number of aromatic hydroxyl groups is 2. The van der Waals surface area contributed by atoms with Crippen LogP contribution in [0, 0.1) is 0 Å². The van der Waals surface area contributed by atoms with Gasteiger partial charge in [-0.2, -0.15) is 0 Å².